The molecule has 1 heterocycles. The van der Waals surface area contributed by atoms with Crippen molar-refractivity contribution >= 4 is 5.69 Å². The SMILES string of the molecule is [C-]#[N+]c1ccc2c(c1)COC2(CCCC)c1ccc(F)cc1. The molecule has 0 bridgehead atoms. The van der Waals surface area contributed by atoms with E-state index >= 15 is 0 Å². The molecule has 22 heavy (non-hydrogen) atoms. The molecular weight excluding hydrogens is 277 g/mol. The van der Waals surface area contributed by atoms with Crippen LogP contribution in [-0.2, 0) is 16.9 Å². The minimum Gasteiger partial charge on any atom is -0.361 e. The van der Waals surface area contributed by atoms with Crippen LogP contribution >= 0.6 is 0 Å². The van der Waals surface area contributed by atoms with Crippen LogP contribution in [0, 0.1) is 12.4 Å². The Bertz CT molecular complexity index is 717. The lowest BCUT2D eigenvalue weighted by Crippen LogP contribution is -2.27. The standard InChI is InChI=1S/C19H18FNO/c1-3-4-11-19(15-5-7-16(20)8-6-15)18-10-9-17(21-2)12-14(18)13-22-19/h5-10,12H,3-4,11,13H2,1H3. The molecule has 0 saturated heterocycles. The van der Waals surface area contributed by atoms with Gasteiger partial charge in [0.15, 0.2) is 5.69 Å². The van der Waals surface area contributed by atoms with Crippen LogP contribution in [0.2, 0.25) is 0 Å². The molecule has 0 radical (unpaired) electrons. The van der Waals surface area contributed by atoms with E-state index in [0.717, 1.165) is 36.0 Å². The van der Waals surface area contributed by atoms with Crippen molar-refractivity contribution in [2.24, 2.45) is 0 Å². The van der Waals surface area contributed by atoms with E-state index in [1.54, 1.807) is 0 Å². The normalized spacial score (nSPS) is 19.7. The summed E-state index contributed by atoms with van der Waals surface area (Å²) in [4.78, 5) is 3.49. The second kappa shape index (κ2) is 5.90. The predicted octanol–water partition coefficient (Wildman–Crippen LogP) is 5.34. The second-order valence-corrected chi connectivity index (χ2v) is 5.68. The van der Waals surface area contributed by atoms with Gasteiger partial charge in [-0.05, 0) is 35.2 Å². The largest absolute Gasteiger partial charge is 0.361 e. The van der Waals surface area contributed by atoms with Crippen LogP contribution in [0.4, 0.5) is 10.1 Å². The molecule has 0 aliphatic carbocycles. The Morgan fingerprint density at radius 3 is 2.68 bits per heavy atom. The Labute approximate surface area is 130 Å². The van der Waals surface area contributed by atoms with E-state index < -0.39 is 5.60 Å². The molecule has 0 aromatic heterocycles. The second-order valence-electron chi connectivity index (χ2n) is 5.68. The fraction of sp³-hybridized carbons (Fsp3) is 0.316. The first-order valence-electron chi connectivity index (χ1n) is 7.60. The van der Waals surface area contributed by atoms with Gasteiger partial charge in [-0.2, -0.15) is 0 Å². The van der Waals surface area contributed by atoms with Crippen molar-refractivity contribution in [3.8, 4) is 0 Å². The van der Waals surface area contributed by atoms with Crippen molar-refractivity contribution in [1.29, 1.82) is 0 Å². The van der Waals surface area contributed by atoms with Gasteiger partial charge in [0.1, 0.15) is 11.4 Å². The summed E-state index contributed by atoms with van der Waals surface area (Å²) in [5.74, 6) is -0.240. The molecule has 1 unspecified atom stereocenters. The van der Waals surface area contributed by atoms with Crippen molar-refractivity contribution in [3.63, 3.8) is 0 Å². The number of fused-ring (bicyclic) bond motifs is 1. The van der Waals surface area contributed by atoms with Crippen molar-refractivity contribution in [3.05, 3.63) is 76.4 Å². The zero-order chi connectivity index (χ0) is 15.6. The number of rotatable bonds is 4. The number of halogens is 1. The topological polar surface area (TPSA) is 13.6 Å². The van der Waals surface area contributed by atoms with Gasteiger partial charge in [0.25, 0.3) is 0 Å². The summed E-state index contributed by atoms with van der Waals surface area (Å²) in [5.41, 5.74) is 3.28. The molecule has 0 fully saturated rings. The number of unbranched alkanes of at least 4 members (excludes halogenated alkanes) is 1. The summed E-state index contributed by atoms with van der Waals surface area (Å²) in [7, 11) is 0. The summed E-state index contributed by atoms with van der Waals surface area (Å²) in [5, 5.41) is 0. The Morgan fingerprint density at radius 2 is 2.00 bits per heavy atom. The zero-order valence-corrected chi connectivity index (χ0v) is 12.6. The van der Waals surface area contributed by atoms with Crippen LogP contribution in [-0.4, -0.2) is 0 Å². The van der Waals surface area contributed by atoms with Gasteiger partial charge in [0.05, 0.1) is 13.2 Å². The lowest BCUT2D eigenvalue weighted by Gasteiger charge is -2.30. The third-order valence-corrected chi connectivity index (χ3v) is 4.32. The quantitative estimate of drug-likeness (QED) is 0.694. The molecule has 2 nitrogen and oxygen atoms in total. The predicted molar refractivity (Wildman–Crippen MR) is 84.2 cm³/mol. The van der Waals surface area contributed by atoms with E-state index in [9.17, 15) is 4.39 Å². The molecule has 0 amide bonds. The monoisotopic (exact) mass is 295 g/mol. The number of nitrogens with zero attached hydrogens (tertiary/aromatic N) is 1. The summed E-state index contributed by atoms with van der Waals surface area (Å²) in [6.07, 6.45) is 2.96. The summed E-state index contributed by atoms with van der Waals surface area (Å²) >= 11 is 0. The van der Waals surface area contributed by atoms with Crippen molar-refractivity contribution in [2.75, 3.05) is 0 Å². The smallest absolute Gasteiger partial charge is 0.187 e. The first-order chi connectivity index (χ1) is 10.7. The number of hydrogen-bond acceptors (Lipinski definition) is 1. The highest BCUT2D eigenvalue weighted by molar-refractivity contribution is 5.54. The van der Waals surface area contributed by atoms with E-state index in [0.29, 0.717) is 12.3 Å². The average Bonchev–Trinajstić information content (AvgIpc) is 2.92. The molecule has 1 aliphatic rings. The van der Waals surface area contributed by atoms with E-state index in [1.165, 1.54) is 12.1 Å². The first-order valence-corrected chi connectivity index (χ1v) is 7.60. The minimum absolute atomic E-state index is 0.240. The Morgan fingerprint density at radius 1 is 1.23 bits per heavy atom. The van der Waals surface area contributed by atoms with Gasteiger partial charge in [-0.25, -0.2) is 9.24 Å². The van der Waals surface area contributed by atoms with Crippen molar-refractivity contribution < 1.29 is 9.13 Å². The van der Waals surface area contributed by atoms with Gasteiger partial charge in [-0.15, -0.1) is 0 Å². The molecule has 2 aromatic carbocycles. The highest BCUT2D eigenvalue weighted by Gasteiger charge is 2.41. The molecule has 0 saturated carbocycles. The van der Waals surface area contributed by atoms with Crippen LogP contribution in [0.5, 0.6) is 0 Å². The highest BCUT2D eigenvalue weighted by atomic mass is 19.1. The van der Waals surface area contributed by atoms with Crippen LogP contribution < -0.4 is 0 Å². The molecule has 2 aromatic rings. The molecule has 3 heteroatoms. The maximum absolute atomic E-state index is 13.3. The van der Waals surface area contributed by atoms with Gasteiger partial charge in [0.2, 0.25) is 0 Å². The molecule has 1 aliphatic heterocycles. The lowest BCUT2D eigenvalue weighted by atomic mass is 9.81. The molecule has 3 rings (SSSR count). The Kier molecular flexibility index (Phi) is 3.96. The highest BCUT2D eigenvalue weighted by Crippen LogP contribution is 2.46. The van der Waals surface area contributed by atoms with E-state index in [4.69, 9.17) is 11.3 Å². The fourth-order valence-electron chi connectivity index (χ4n) is 3.18. The van der Waals surface area contributed by atoms with Gasteiger partial charge in [0, 0.05) is 0 Å². The fourth-order valence-corrected chi connectivity index (χ4v) is 3.18. The maximum atomic E-state index is 13.3. The van der Waals surface area contributed by atoms with E-state index in [-0.39, 0.29) is 5.82 Å². The van der Waals surface area contributed by atoms with Gasteiger partial charge in [-0.1, -0.05) is 50.1 Å². The number of benzene rings is 2. The van der Waals surface area contributed by atoms with Crippen molar-refractivity contribution in [1.82, 2.24) is 0 Å². The molecular formula is C19H18FNO. The molecule has 1 atom stereocenters. The summed E-state index contributed by atoms with van der Waals surface area (Å²) in [6.45, 7) is 9.80. The first kappa shape index (κ1) is 14.7. The maximum Gasteiger partial charge on any atom is 0.187 e. The summed E-state index contributed by atoms with van der Waals surface area (Å²) in [6, 6.07) is 12.3. The van der Waals surface area contributed by atoms with Crippen LogP contribution in [0.25, 0.3) is 4.85 Å². The zero-order valence-electron chi connectivity index (χ0n) is 12.6. The van der Waals surface area contributed by atoms with E-state index in [1.807, 2.05) is 30.3 Å². The Hall–Kier alpha value is -2.18. The Balaban J connectivity index is 2.10. The van der Waals surface area contributed by atoms with Crippen LogP contribution in [0.1, 0.15) is 42.9 Å². The number of ether oxygens (including phenoxy) is 1. The lowest BCUT2D eigenvalue weighted by molar-refractivity contribution is -0.0131. The van der Waals surface area contributed by atoms with Crippen LogP contribution in [0.3, 0.4) is 0 Å². The van der Waals surface area contributed by atoms with Crippen molar-refractivity contribution in [2.45, 2.75) is 38.4 Å². The molecule has 0 N–H and O–H groups in total. The minimum atomic E-state index is -0.514. The molecule has 0 spiro atoms. The van der Waals surface area contributed by atoms with Crippen LogP contribution in [0.15, 0.2) is 42.5 Å². The average molecular weight is 295 g/mol. The van der Waals surface area contributed by atoms with Gasteiger partial charge >= 0.3 is 0 Å². The molecule has 112 valence electrons. The third-order valence-electron chi connectivity index (χ3n) is 4.32. The van der Waals surface area contributed by atoms with Gasteiger partial charge < -0.3 is 4.74 Å². The van der Waals surface area contributed by atoms with Gasteiger partial charge in [-0.3, -0.25) is 0 Å². The number of hydrogen-bond donors (Lipinski definition) is 0. The van der Waals surface area contributed by atoms with E-state index in [2.05, 4.69) is 11.8 Å². The summed E-state index contributed by atoms with van der Waals surface area (Å²) < 4.78 is 19.5. The third kappa shape index (κ3) is 2.40.